The van der Waals surface area contributed by atoms with Crippen LogP contribution in [0.1, 0.15) is 67.2 Å². The fourth-order valence-electron chi connectivity index (χ4n) is 3.48. The van der Waals surface area contributed by atoms with Gasteiger partial charge in [0.15, 0.2) is 5.69 Å². The molecule has 0 saturated heterocycles. The lowest BCUT2D eigenvalue weighted by Gasteiger charge is -2.33. The number of amides is 1. The van der Waals surface area contributed by atoms with E-state index in [-0.39, 0.29) is 11.3 Å². The van der Waals surface area contributed by atoms with E-state index >= 15 is 0 Å². The second-order valence-corrected chi connectivity index (χ2v) is 8.02. The number of fused-ring (bicyclic) bond motifs is 1. The molecule has 2 heterocycles. The van der Waals surface area contributed by atoms with Gasteiger partial charge in [-0.15, -0.1) is 0 Å². The minimum absolute atomic E-state index is 0.164. The van der Waals surface area contributed by atoms with Crippen molar-refractivity contribution in [1.82, 2.24) is 20.3 Å². The Kier molecular flexibility index (Phi) is 4.71. The molecule has 6 nitrogen and oxygen atoms in total. The van der Waals surface area contributed by atoms with E-state index in [1.54, 1.807) is 0 Å². The zero-order valence-electron chi connectivity index (χ0n) is 15.8. The van der Waals surface area contributed by atoms with Crippen LogP contribution in [0, 0.1) is 18.3 Å². The van der Waals surface area contributed by atoms with E-state index in [0.29, 0.717) is 18.2 Å². The van der Waals surface area contributed by atoms with Crippen LogP contribution in [-0.4, -0.2) is 20.8 Å². The molecular formula is C19H28N4O2. The predicted molar refractivity (Wildman–Crippen MR) is 95.3 cm³/mol. The Morgan fingerprint density at radius 2 is 2.20 bits per heavy atom. The molecule has 1 amide bonds. The number of carbonyl (C=O) groups excluding carboxylic acids is 1. The van der Waals surface area contributed by atoms with Gasteiger partial charge >= 0.3 is 0 Å². The third-order valence-electron chi connectivity index (χ3n) is 5.29. The smallest absolute Gasteiger partial charge is 0.274 e. The minimum Gasteiger partial charge on any atom is -0.360 e. The van der Waals surface area contributed by atoms with Crippen LogP contribution < -0.4 is 5.32 Å². The van der Waals surface area contributed by atoms with Crippen molar-refractivity contribution >= 4 is 5.91 Å². The molecule has 0 aliphatic heterocycles. The van der Waals surface area contributed by atoms with Crippen LogP contribution in [0.15, 0.2) is 10.7 Å². The molecule has 6 heteroatoms. The quantitative estimate of drug-likeness (QED) is 0.924. The van der Waals surface area contributed by atoms with Gasteiger partial charge in [-0.2, -0.15) is 5.10 Å². The van der Waals surface area contributed by atoms with E-state index in [0.717, 1.165) is 48.4 Å². The molecule has 3 rings (SSSR count). The number of hydrogen-bond donors (Lipinski definition) is 1. The molecule has 25 heavy (non-hydrogen) atoms. The summed E-state index contributed by atoms with van der Waals surface area (Å²) >= 11 is 0. The van der Waals surface area contributed by atoms with Gasteiger partial charge in [-0.1, -0.05) is 25.9 Å². The van der Waals surface area contributed by atoms with Crippen molar-refractivity contribution in [3.05, 3.63) is 34.5 Å². The molecule has 1 unspecified atom stereocenters. The van der Waals surface area contributed by atoms with E-state index in [4.69, 9.17) is 4.52 Å². The summed E-state index contributed by atoms with van der Waals surface area (Å²) in [6.45, 7) is 12.0. The van der Waals surface area contributed by atoms with Crippen molar-refractivity contribution in [2.24, 2.45) is 11.3 Å². The highest BCUT2D eigenvalue weighted by Gasteiger charge is 2.34. The van der Waals surface area contributed by atoms with Gasteiger partial charge in [-0.05, 0) is 38.0 Å². The molecule has 0 radical (unpaired) electrons. The topological polar surface area (TPSA) is 73.0 Å². The molecule has 0 fully saturated rings. The maximum absolute atomic E-state index is 12.6. The molecule has 0 saturated carbocycles. The number of rotatable bonds is 4. The van der Waals surface area contributed by atoms with Gasteiger partial charge < -0.3 is 9.84 Å². The molecule has 1 N–H and O–H groups in total. The van der Waals surface area contributed by atoms with Crippen LogP contribution in [-0.2, 0) is 25.9 Å². The number of carbonyl (C=O) groups is 1. The van der Waals surface area contributed by atoms with Crippen LogP contribution in [0.3, 0.4) is 0 Å². The Morgan fingerprint density at radius 1 is 1.44 bits per heavy atom. The summed E-state index contributed by atoms with van der Waals surface area (Å²) in [4.78, 5) is 12.6. The summed E-state index contributed by atoms with van der Waals surface area (Å²) in [5, 5.41) is 11.4. The highest BCUT2D eigenvalue weighted by molar-refractivity contribution is 5.93. The lowest BCUT2D eigenvalue weighted by Crippen LogP contribution is -2.29. The van der Waals surface area contributed by atoms with Gasteiger partial charge in [-0.3, -0.25) is 9.48 Å². The number of nitrogens with one attached hydrogen (secondary N) is 1. The van der Waals surface area contributed by atoms with Crippen molar-refractivity contribution in [3.8, 4) is 0 Å². The third-order valence-corrected chi connectivity index (χ3v) is 5.29. The molecule has 1 aliphatic rings. The first-order chi connectivity index (χ1) is 11.8. The highest BCUT2D eigenvalue weighted by atomic mass is 16.5. The Hall–Kier alpha value is -2.11. The summed E-state index contributed by atoms with van der Waals surface area (Å²) in [7, 11) is 0. The third kappa shape index (κ3) is 3.62. The van der Waals surface area contributed by atoms with Crippen LogP contribution in [0.4, 0.5) is 0 Å². The predicted octanol–water partition coefficient (Wildman–Crippen LogP) is 3.28. The van der Waals surface area contributed by atoms with E-state index in [2.05, 4.69) is 36.3 Å². The van der Waals surface area contributed by atoms with Crippen molar-refractivity contribution in [2.45, 2.75) is 67.0 Å². The van der Waals surface area contributed by atoms with E-state index in [1.807, 2.05) is 24.7 Å². The second-order valence-electron chi connectivity index (χ2n) is 8.02. The van der Waals surface area contributed by atoms with Crippen molar-refractivity contribution in [1.29, 1.82) is 0 Å². The maximum Gasteiger partial charge on any atom is 0.274 e. The van der Waals surface area contributed by atoms with Crippen molar-refractivity contribution < 1.29 is 9.32 Å². The second kappa shape index (κ2) is 6.65. The van der Waals surface area contributed by atoms with Gasteiger partial charge in [0.05, 0.1) is 5.69 Å². The Balaban J connectivity index is 1.71. The fourth-order valence-corrected chi connectivity index (χ4v) is 3.48. The van der Waals surface area contributed by atoms with Gasteiger partial charge in [-0.25, -0.2) is 0 Å². The first-order valence-corrected chi connectivity index (χ1v) is 9.08. The fraction of sp³-hybridized carbons (Fsp3) is 0.632. The van der Waals surface area contributed by atoms with Crippen LogP contribution in [0.5, 0.6) is 0 Å². The van der Waals surface area contributed by atoms with Gasteiger partial charge in [0.25, 0.3) is 5.91 Å². The molecule has 1 aliphatic carbocycles. The normalized spacial score (nSPS) is 17.4. The monoisotopic (exact) mass is 344 g/mol. The summed E-state index contributed by atoms with van der Waals surface area (Å²) in [6.07, 6.45) is 4.78. The highest BCUT2D eigenvalue weighted by Crippen LogP contribution is 2.38. The van der Waals surface area contributed by atoms with Crippen LogP contribution >= 0.6 is 0 Å². The summed E-state index contributed by atoms with van der Waals surface area (Å²) in [5.41, 5.74) is 3.63. The molecule has 2 aromatic heterocycles. The Labute approximate surface area is 149 Å². The molecule has 2 aromatic rings. The van der Waals surface area contributed by atoms with Gasteiger partial charge in [0.2, 0.25) is 0 Å². The Morgan fingerprint density at radius 3 is 2.84 bits per heavy atom. The average Bonchev–Trinajstić information content (AvgIpc) is 3.14. The minimum atomic E-state index is -0.164. The molecule has 0 bridgehead atoms. The van der Waals surface area contributed by atoms with Crippen molar-refractivity contribution in [3.63, 3.8) is 0 Å². The molecule has 0 spiro atoms. The SMILES string of the molecule is CCn1cc(CNC(=O)c2noc3c2CC(C(C)(C)C)CC3)c(C)n1. The zero-order chi connectivity index (χ0) is 18.2. The summed E-state index contributed by atoms with van der Waals surface area (Å²) < 4.78 is 7.32. The van der Waals surface area contributed by atoms with Gasteiger partial charge in [0, 0.05) is 36.8 Å². The lowest BCUT2D eigenvalue weighted by molar-refractivity contribution is 0.0940. The molecule has 1 atom stereocenters. The number of aromatic nitrogens is 3. The van der Waals surface area contributed by atoms with Gasteiger partial charge in [0.1, 0.15) is 5.76 Å². The zero-order valence-corrected chi connectivity index (χ0v) is 15.8. The Bertz CT molecular complexity index is 767. The van der Waals surface area contributed by atoms with E-state index in [9.17, 15) is 4.79 Å². The molecular weight excluding hydrogens is 316 g/mol. The van der Waals surface area contributed by atoms with Crippen LogP contribution in [0.2, 0.25) is 0 Å². The molecule has 0 aromatic carbocycles. The standard InChI is InChI=1S/C19H28N4O2/c1-6-23-11-13(12(2)21-23)10-20-18(24)17-15-9-14(19(3,4)5)7-8-16(15)25-22-17/h11,14H,6-10H2,1-5H3,(H,20,24). The molecule has 136 valence electrons. The first kappa shape index (κ1) is 17.7. The van der Waals surface area contributed by atoms with E-state index < -0.39 is 0 Å². The first-order valence-electron chi connectivity index (χ1n) is 9.08. The lowest BCUT2D eigenvalue weighted by atomic mass is 9.71. The number of hydrogen-bond acceptors (Lipinski definition) is 4. The van der Waals surface area contributed by atoms with Crippen LogP contribution in [0.25, 0.3) is 0 Å². The average molecular weight is 344 g/mol. The maximum atomic E-state index is 12.6. The van der Waals surface area contributed by atoms with Crippen molar-refractivity contribution in [2.75, 3.05) is 0 Å². The summed E-state index contributed by atoms with van der Waals surface area (Å²) in [5.74, 6) is 1.25. The van der Waals surface area contributed by atoms with E-state index in [1.165, 1.54) is 0 Å². The number of aryl methyl sites for hydroxylation is 3. The number of nitrogens with zero attached hydrogens (tertiary/aromatic N) is 3. The largest absolute Gasteiger partial charge is 0.360 e. The summed E-state index contributed by atoms with van der Waals surface area (Å²) in [6, 6.07) is 0.